The molecule has 0 aliphatic carbocycles. The molecule has 14 heavy (non-hydrogen) atoms. The molecule has 0 fully saturated rings. The maximum Gasteiger partial charge on any atom is 0.233 e. The molecule has 0 saturated carbocycles. The summed E-state index contributed by atoms with van der Waals surface area (Å²) in [5.74, 6) is 1.64. The van der Waals surface area contributed by atoms with E-state index < -0.39 is 0 Å². The minimum absolute atomic E-state index is 0.562. The molecule has 4 nitrogen and oxygen atoms in total. The van der Waals surface area contributed by atoms with Gasteiger partial charge in [0.15, 0.2) is 5.76 Å². The maximum atomic E-state index is 5.30. The average Bonchev–Trinajstić information content (AvgIpc) is 2.52. The van der Waals surface area contributed by atoms with Crippen molar-refractivity contribution in [1.29, 1.82) is 0 Å². The third kappa shape index (κ3) is 3.57. The summed E-state index contributed by atoms with van der Waals surface area (Å²) in [4.78, 5) is 0. The second kappa shape index (κ2) is 5.39. The summed E-state index contributed by atoms with van der Waals surface area (Å²) in [6, 6.07) is 3.77. The topological polar surface area (TPSA) is 51.2 Å². The van der Waals surface area contributed by atoms with Gasteiger partial charge in [-0.15, -0.1) is 10.5 Å². The standard InChI is InChI=1S/C9H13N3OS/c1-3-10-9(14)12-11-6-8-5-4-7(2)13-8/h4-6H,3H2,1-2H3,(H2,10,12,14)/p+1. The molecule has 0 aromatic carbocycles. The molecule has 3 N–H and O–H groups in total. The number of rotatable bonds is 3. The fourth-order valence-corrected chi connectivity index (χ4v) is 1.11. The Morgan fingerprint density at radius 1 is 1.64 bits per heavy atom. The zero-order chi connectivity index (χ0) is 10.4. The molecule has 0 atom stereocenters. The molecule has 76 valence electrons. The number of furan rings is 1. The van der Waals surface area contributed by atoms with Gasteiger partial charge < -0.3 is 9.73 Å². The summed E-state index contributed by atoms with van der Waals surface area (Å²) < 4.78 is 5.30. The average molecular weight is 212 g/mol. The minimum Gasteiger partial charge on any atom is -0.456 e. The zero-order valence-electron chi connectivity index (χ0n) is 8.26. The van der Waals surface area contributed by atoms with Crippen molar-refractivity contribution in [3.05, 3.63) is 23.7 Å². The summed E-state index contributed by atoms with van der Waals surface area (Å²) in [6.45, 7) is 4.68. The first kappa shape index (κ1) is 10.7. The van der Waals surface area contributed by atoms with Gasteiger partial charge in [-0.3, -0.25) is 0 Å². The van der Waals surface area contributed by atoms with Crippen LogP contribution in [0, 0.1) is 6.92 Å². The third-order valence-electron chi connectivity index (χ3n) is 1.50. The van der Waals surface area contributed by atoms with E-state index in [2.05, 4.69) is 15.8 Å². The largest absolute Gasteiger partial charge is 0.456 e. The highest BCUT2D eigenvalue weighted by Crippen LogP contribution is 2.01. The highest BCUT2D eigenvalue weighted by molar-refractivity contribution is 7.80. The molecular formula is C9H14N3OS+. The van der Waals surface area contributed by atoms with Crippen molar-refractivity contribution in [3.63, 3.8) is 0 Å². The van der Waals surface area contributed by atoms with Crippen LogP contribution >= 0.6 is 12.2 Å². The van der Waals surface area contributed by atoms with E-state index in [4.69, 9.17) is 16.6 Å². The molecule has 0 unspecified atom stereocenters. The number of nitrogens with one attached hydrogen (secondary N) is 3. The van der Waals surface area contributed by atoms with Crippen molar-refractivity contribution in [1.82, 2.24) is 10.7 Å². The van der Waals surface area contributed by atoms with Crippen LogP contribution in [0.4, 0.5) is 0 Å². The lowest BCUT2D eigenvalue weighted by atomic mass is 10.4. The van der Waals surface area contributed by atoms with E-state index >= 15 is 0 Å². The first-order valence-corrected chi connectivity index (χ1v) is 4.82. The van der Waals surface area contributed by atoms with Gasteiger partial charge in [0, 0.05) is 6.54 Å². The van der Waals surface area contributed by atoms with Gasteiger partial charge in [-0.25, -0.2) is 0 Å². The van der Waals surface area contributed by atoms with Crippen LogP contribution in [-0.2, 0) is 0 Å². The molecule has 0 bridgehead atoms. The summed E-state index contributed by atoms with van der Waals surface area (Å²) in [5.41, 5.74) is 2.80. The van der Waals surface area contributed by atoms with E-state index in [0.717, 1.165) is 18.1 Å². The van der Waals surface area contributed by atoms with E-state index in [1.54, 1.807) is 6.21 Å². The van der Waals surface area contributed by atoms with Crippen LogP contribution in [0.25, 0.3) is 0 Å². The normalized spacial score (nSPS) is 10.4. The van der Waals surface area contributed by atoms with Crippen molar-refractivity contribution in [3.8, 4) is 0 Å². The van der Waals surface area contributed by atoms with Gasteiger partial charge in [-0.1, -0.05) is 0 Å². The summed E-state index contributed by atoms with van der Waals surface area (Å²) in [7, 11) is 0. The van der Waals surface area contributed by atoms with Gasteiger partial charge in [0.25, 0.3) is 0 Å². The minimum atomic E-state index is 0.562. The second-order valence-electron chi connectivity index (χ2n) is 2.72. The number of hydrogen-bond acceptors (Lipinski definition) is 2. The summed E-state index contributed by atoms with van der Waals surface area (Å²) in [5, 5.41) is 6.33. The number of hydrogen-bond donors (Lipinski definition) is 3. The lowest BCUT2D eigenvalue weighted by molar-refractivity contribution is -0.500. The molecule has 0 amide bonds. The predicted molar refractivity (Wildman–Crippen MR) is 59.0 cm³/mol. The summed E-state index contributed by atoms with van der Waals surface area (Å²) >= 11 is 4.94. The lowest BCUT2D eigenvalue weighted by Crippen LogP contribution is -2.82. The Hall–Kier alpha value is -1.36. The van der Waals surface area contributed by atoms with Gasteiger partial charge in [0.2, 0.25) is 11.3 Å². The fourth-order valence-electron chi connectivity index (χ4n) is 0.909. The molecule has 1 rings (SSSR count). The van der Waals surface area contributed by atoms with Gasteiger partial charge >= 0.3 is 0 Å². The zero-order valence-corrected chi connectivity index (χ0v) is 9.07. The number of thiocarbonyl (C=S) groups is 1. The van der Waals surface area contributed by atoms with Crippen LogP contribution in [0.15, 0.2) is 16.5 Å². The highest BCUT2D eigenvalue weighted by atomic mass is 32.1. The Morgan fingerprint density at radius 2 is 2.43 bits per heavy atom. The van der Waals surface area contributed by atoms with E-state index in [1.807, 2.05) is 26.0 Å². The van der Waals surface area contributed by atoms with Crippen LogP contribution in [0.5, 0.6) is 0 Å². The molecule has 0 spiro atoms. The van der Waals surface area contributed by atoms with Crippen LogP contribution in [0.1, 0.15) is 18.4 Å². The maximum absolute atomic E-state index is 5.30. The molecule has 1 heterocycles. The van der Waals surface area contributed by atoms with E-state index in [0.29, 0.717) is 5.11 Å². The Bertz CT molecular complexity index is 333. The lowest BCUT2D eigenvalue weighted by Gasteiger charge is -1.97. The second-order valence-corrected chi connectivity index (χ2v) is 3.13. The highest BCUT2D eigenvalue weighted by Gasteiger charge is 1.97. The monoisotopic (exact) mass is 212 g/mol. The molecular weight excluding hydrogens is 198 g/mol. The third-order valence-corrected chi connectivity index (χ3v) is 1.75. The Balaban J connectivity index is 2.37. The van der Waals surface area contributed by atoms with Crippen molar-refractivity contribution in [2.45, 2.75) is 13.8 Å². The van der Waals surface area contributed by atoms with E-state index in [-0.39, 0.29) is 0 Å². The molecule has 1 aromatic heterocycles. The van der Waals surface area contributed by atoms with Crippen LogP contribution in [0.2, 0.25) is 0 Å². The van der Waals surface area contributed by atoms with E-state index in [1.165, 1.54) is 0 Å². The number of aryl methyl sites for hydroxylation is 1. The Morgan fingerprint density at radius 3 is 3.00 bits per heavy atom. The van der Waals surface area contributed by atoms with E-state index in [9.17, 15) is 0 Å². The molecule has 5 heteroatoms. The molecule has 0 radical (unpaired) electrons. The molecule has 0 aliphatic heterocycles. The first-order chi connectivity index (χ1) is 6.72. The van der Waals surface area contributed by atoms with Crippen molar-refractivity contribution < 1.29 is 9.52 Å². The van der Waals surface area contributed by atoms with Crippen molar-refractivity contribution >= 4 is 23.5 Å². The molecule has 1 aromatic rings. The van der Waals surface area contributed by atoms with Gasteiger partial charge in [0.05, 0.1) is 0 Å². The number of hydrazone groups is 1. The van der Waals surface area contributed by atoms with Crippen molar-refractivity contribution in [2.75, 3.05) is 6.54 Å². The Labute approximate surface area is 88.4 Å². The van der Waals surface area contributed by atoms with Crippen LogP contribution in [0.3, 0.4) is 0 Å². The van der Waals surface area contributed by atoms with Gasteiger partial charge in [-0.2, -0.15) is 0 Å². The molecule has 0 aliphatic rings. The summed E-state index contributed by atoms with van der Waals surface area (Å²) in [6.07, 6.45) is 1.70. The Kier molecular flexibility index (Phi) is 4.12. The quantitative estimate of drug-likeness (QED) is 0.359. The molecule has 0 saturated heterocycles. The van der Waals surface area contributed by atoms with Crippen LogP contribution in [-0.4, -0.2) is 17.9 Å². The SMILES string of the molecule is CCNC(=S)N[NH+]=Cc1ccc(C)o1. The predicted octanol–water partition coefficient (Wildman–Crippen LogP) is -0.513. The number of hydrazine groups is 1. The smallest absolute Gasteiger partial charge is 0.233 e. The van der Waals surface area contributed by atoms with Crippen LogP contribution < -0.4 is 15.8 Å². The van der Waals surface area contributed by atoms with Gasteiger partial charge in [0.1, 0.15) is 5.76 Å². The first-order valence-electron chi connectivity index (χ1n) is 4.41. The van der Waals surface area contributed by atoms with Gasteiger partial charge in [-0.05, 0) is 38.2 Å². The van der Waals surface area contributed by atoms with Crippen molar-refractivity contribution in [2.24, 2.45) is 0 Å². The fraction of sp³-hybridized carbons (Fsp3) is 0.333.